The zero-order chi connectivity index (χ0) is 12.5. The minimum atomic E-state index is -0.0475. The minimum Gasteiger partial charge on any atom is -0.335 e. The van der Waals surface area contributed by atoms with Gasteiger partial charge >= 0.3 is 0 Å². The Morgan fingerprint density at radius 2 is 2.29 bits per heavy atom. The highest BCUT2D eigenvalue weighted by molar-refractivity contribution is 5.90. The highest BCUT2D eigenvalue weighted by atomic mass is 16.2. The van der Waals surface area contributed by atoms with Crippen LogP contribution in [0, 0.1) is 5.41 Å². The second-order valence-electron chi connectivity index (χ2n) is 5.45. The summed E-state index contributed by atoms with van der Waals surface area (Å²) >= 11 is 0. The minimum absolute atomic E-state index is 0.0475. The number of H-pyrrole nitrogens is 1. The normalized spacial score (nSPS) is 19.4. The van der Waals surface area contributed by atoms with E-state index in [1.165, 1.54) is 6.42 Å². The zero-order valence-electron chi connectivity index (χ0n) is 10.8. The van der Waals surface area contributed by atoms with Crippen LogP contribution in [0.5, 0.6) is 0 Å². The Morgan fingerprint density at radius 3 is 2.88 bits per heavy atom. The Morgan fingerprint density at radius 1 is 1.53 bits per heavy atom. The Labute approximate surface area is 102 Å². The number of hydrogen-bond donors (Lipinski definition) is 1. The van der Waals surface area contributed by atoms with Crippen LogP contribution in [0.25, 0.3) is 0 Å². The van der Waals surface area contributed by atoms with Gasteiger partial charge in [-0.05, 0) is 18.3 Å². The summed E-state index contributed by atoms with van der Waals surface area (Å²) in [6, 6.07) is 0. The van der Waals surface area contributed by atoms with E-state index in [2.05, 4.69) is 29.0 Å². The average Bonchev–Trinajstić information content (AvgIpc) is 2.75. The quantitative estimate of drug-likeness (QED) is 0.849. The second kappa shape index (κ2) is 4.47. The molecule has 1 aliphatic heterocycles. The predicted molar refractivity (Wildman–Crippen MR) is 64.7 cm³/mol. The van der Waals surface area contributed by atoms with E-state index in [0.717, 1.165) is 31.8 Å². The standard InChI is InChI=1S/C12H20N4O/c1-4-9-13-10(15-14-9)11(17)16-7-5-6-12(2,3)8-16/h4-8H2,1-3H3,(H,13,14,15). The molecule has 2 heterocycles. The van der Waals surface area contributed by atoms with Crippen molar-refractivity contribution in [1.82, 2.24) is 20.1 Å². The molecule has 5 heteroatoms. The molecule has 1 saturated heterocycles. The molecular formula is C12H20N4O. The number of carbonyl (C=O) groups is 1. The second-order valence-corrected chi connectivity index (χ2v) is 5.45. The maximum absolute atomic E-state index is 12.2. The van der Waals surface area contributed by atoms with Gasteiger partial charge in [-0.25, -0.2) is 4.98 Å². The van der Waals surface area contributed by atoms with Gasteiger partial charge in [-0.3, -0.25) is 9.89 Å². The smallest absolute Gasteiger partial charge is 0.293 e. The van der Waals surface area contributed by atoms with E-state index < -0.39 is 0 Å². The van der Waals surface area contributed by atoms with Gasteiger partial charge in [-0.2, -0.15) is 0 Å². The topological polar surface area (TPSA) is 61.9 Å². The van der Waals surface area contributed by atoms with Crippen LogP contribution in [0.4, 0.5) is 0 Å². The number of likely N-dealkylation sites (tertiary alicyclic amines) is 1. The number of carbonyl (C=O) groups excluding carboxylic acids is 1. The molecule has 0 spiro atoms. The van der Waals surface area contributed by atoms with Crippen molar-refractivity contribution in [3.8, 4) is 0 Å². The lowest BCUT2D eigenvalue weighted by Gasteiger charge is -2.37. The molecule has 1 aromatic rings. The summed E-state index contributed by atoms with van der Waals surface area (Å²) < 4.78 is 0. The van der Waals surface area contributed by atoms with E-state index in [-0.39, 0.29) is 11.3 Å². The monoisotopic (exact) mass is 236 g/mol. The number of aryl methyl sites for hydroxylation is 1. The van der Waals surface area contributed by atoms with Gasteiger partial charge in [0.2, 0.25) is 5.82 Å². The Hall–Kier alpha value is -1.39. The summed E-state index contributed by atoms with van der Waals surface area (Å²) in [6.07, 6.45) is 3.00. The maximum Gasteiger partial charge on any atom is 0.293 e. The van der Waals surface area contributed by atoms with Gasteiger partial charge in [-0.1, -0.05) is 20.8 Å². The number of nitrogens with zero attached hydrogens (tertiary/aromatic N) is 3. The third-order valence-electron chi connectivity index (χ3n) is 3.25. The first-order valence-corrected chi connectivity index (χ1v) is 6.22. The summed E-state index contributed by atoms with van der Waals surface area (Å²) in [6.45, 7) is 7.99. The van der Waals surface area contributed by atoms with Crippen molar-refractivity contribution in [2.24, 2.45) is 5.41 Å². The highest BCUT2D eigenvalue weighted by Gasteiger charge is 2.30. The van der Waals surface area contributed by atoms with Crippen molar-refractivity contribution in [2.45, 2.75) is 40.0 Å². The number of aromatic amines is 1. The SMILES string of the molecule is CCc1nc(C(=O)N2CCCC(C)(C)C2)n[nH]1. The molecule has 0 radical (unpaired) electrons. The van der Waals surface area contributed by atoms with Crippen LogP contribution in [0.15, 0.2) is 0 Å². The van der Waals surface area contributed by atoms with Gasteiger partial charge in [0.15, 0.2) is 0 Å². The first kappa shape index (κ1) is 12.1. The van der Waals surface area contributed by atoms with E-state index in [1.807, 2.05) is 11.8 Å². The summed E-state index contributed by atoms with van der Waals surface area (Å²) in [7, 11) is 0. The van der Waals surface area contributed by atoms with Gasteiger partial charge in [0, 0.05) is 19.5 Å². The molecule has 0 aliphatic carbocycles. The predicted octanol–water partition coefficient (Wildman–Crippen LogP) is 1.63. The fourth-order valence-corrected chi connectivity index (χ4v) is 2.29. The first-order valence-electron chi connectivity index (χ1n) is 6.22. The van der Waals surface area contributed by atoms with Gasteiger partial charge in [0.05, 0.1) is 0 Å². The molecule has 0 unspecified atom stereocenters. The molecule has 1 N–H and O–H groups in total. The van der Waals surface area contributed by atoms with Gasteiger partial charge in [0.25, 0.3) is 5.91 Å². The number of aromatic nitrogens is 3. The van der Waals surface area contributed by atoms with E-state index >= 15 is 0 Å². The first-order chi connectivity index (χ1) is 8.02. The number of rotatable bonds is 2. The Kier molecular flexibility index (Phi) is 3.17. The van der Waals surface area contributed by atoms with Crippen molar-refractivity contribution in [1.29, 1.82) is 0 Å². The summed E-state index contributed by atoms with van der Waals surface area (Å²) in [4.78, 5) is 18.3. The molecule has 17 heavy (non-hydrogen) atoms. The molecule has 1 aliphatic rings. The Balaban J connectivity index is 2.09. The van der Waals surface area contributed by atoms with Crippen molar-refractivity contribution >= 4 is 5.91 Å². The lowest BCUT2D eigenvalue weighted by Crippen LogP contribution is -2.43. The molecule has 0 saturated carbocycles. The number of amides is 1. The van der Waals surface area contributed by atoms with Crippen molar-refractivity contribution < 1.29 is 4.79 Å². The third-order valence-corrected chi connectivity index (χ3v) is 3.25. The number of hydrogen-bond acceptors (Lipinski definition) is 3. The van der Waals surface area contributed by atoms with Crippen LogP contribution in [-0.4, -0.2) is 39.1 Å². The van der Waals surface area contributed by atoms with Gasteiger partial charge in [0.1, 0.15) is 5.82 Å². The molecule has 0 aromatic carbocycles. The van der Waals surface area contributed by atoms with Crippen LogP contribution in [0.1, 0.15) is 50.1 Å². The largest absolute Gasteiger partial charge is 0.335 e. The van der Waals surface area contributed by atoms with Crippen LogP contribution in [0.3, 0.4) is 0 Å². The van der Waals surface area contributed by atoms with Gasteiger partial charge in [-0.15, -0.1) is 5.10 Å². The molecule has 5 nitrogen and oxygen atoms in total. The molecule has 0 bridgehead atoms. The number of piperidine rings is 1. The number of nitrogens with one attached hydrogen (secondary N) is 1. The maximum atomic E-state index is 12.2. The lowest BCUT2D eigenvalue weighted by atomic mass is 9.84. The summed E-state index contributed by atoms with van der Waals surface area (Å²) in [5.74, 6) is 1.03. The molecule has 1 fully saturated rings. The molecule has 1 aromatic heterocycles. The molecule has 0 atom stereocenters. The Bertz CT molecular complexity index is 410. The van der Waals surface area contributed by atoms with E-state index in [0.29, 0.717) is 5.82 Å². The molecule has 2 rings (SSSR count). The molecule has 1 amide bonds. The molecular weight excluding hydrogens is 216 g/mol. The van der Waals surface area contributed by atoms with Crippen molar-refractivity contribution in [3.05, 3.63) is 11.6 Å². The third kappa shape index (κ3) is 2.65. The van der Waals surface area contributed by atoms with Crippen LogP contribution >= 0.6 is 0 Å². The highest BCUT2D eigenvalue weighted by Crippen LogP contribution is 2.28. The van der Waals surface area contributed by atoms with E-state index in [9.17, 15) is 4.79 Å². The van der Waals surface area contributed by atoms with Crippen LogP contribution in [-0.2, 0) is 6.42 Å². The zero-order valence-corrected chi connectivity index (χ0v) is 10.8. The fourth-order valence-electron chi connectivity index (χ4n) is 2.29. The van der Waals surface area contributed by atoms with Crippen molar-refractivity contribution in [2.75, 3.05) is 13.1 Å². The van der Waals surface area contributed by atoms with Gasteiger partial charge < -0.3 is 4.90 Å². The fraction of sp³-hybridized carbons (Fsp3) is 0.750. The van der Waals surface area contributed by atoms with Crippen molar-refractivity contribution in [3.63, 3.8) is 0 Å². The van der Waals surface area contributed by atoms with E-state index in [4.69, 9.17) is 0 Å². The average molecular weight is 236 g/mol. The van der Waals surface area contributed by atoms with Crippen LogP contribution < -0.4 is 0 Å². The molecule has 94 valence electrons. The van der Waals surface area contributed by atoms with E-state index in [1.54, 1.807) is 0 Å². The summed E-state index contributed by atoms with van der Waals surface area (Å²) in [5, 5.41) is 6.77. The lowest BCUT2D eigenvalue weighted by molar-refractivity contribution is 0.0572. The van der Waals surface area contributed by atoms with Crippen LogP contribution in [0.2, 0.25) is 0 Å². The summed E-state index contributed by atoms with van der Waals surface area (Å²) in [5.41, 5.74) is 0.206.